The van der Waals surface area contributed by atoms with Gasteiger partial charge in [0.2, 0.25) is 0 Å². The number of guanidine groups is 1. The third kappa shape index (κ3) is 7.69. The Morgan fingerprint density at radius 1 is 1.33 bits per heavy atom. The van der Waals surface area contributed by atoms with Crippen LogP contribution in [0.15, 0.2) is 4.99 Å². The van der Waals surface area contributed by atoms with Crippen LogP contribution in [0, 0.1) is 5.92 Å². The van der Waals surface area contributed by atoms with Crippen molar-refractivity contribution in [3.8, 4) is 0 Å². The topological polar surface area (TPSA) is 70.6 Å². The predicted molar refractivity (Wildman–Crippen MR) is 89.5 cm³/mol. The number of unbranched alkanes of at least 4 members (excludes halogenated alkanes) is 3. The minimum Gasteiger partial charge on any atom is -0.356 e. The Kier molecular flexibility index (Phi) is 8.07. The fourth-order valence-corrected chi connectivity index (χ4v) is 4.51. The van der Waals surface area contributed by atoms with Crippen LogP contribution in [-0.4, -0.2) is 45.5 Å². The highest BCUT2D eigenvalue weighted by atomic mass is 32.2. The summed E-state index contributed by atoms with van der Waals surface area (Å²) in [5, 5.41) is 6.63. The standard InChI is InChI=1S/C15H31N3O2S/c1-4-5-6-7-8-13(2)18-15(16-3)17-11-14-9-10-21(19,20)12-14/h13-14H,4-12H2,1-3H3,(H2,16,17,18). The molecule has 2 unspecified atom stereocenters. The van der Waals surface area contributed by atoms with E-state index in [-0.39, 0.29) is 5.92 Å². The van der Waals surface area contributed by atoms with Crippen LogP contribution in [-0.2, 0) is 9.84 Å². The van der Waals surface area contributed by atoms with Crippen molar-refractivity contribution in [1.82, 2.24) is 10.6 Å². The zero-order valence-corrected chi connectivity index (χ0v) is 14.5. The second-order valence-corrected chi connectivity index (χ2v) is 8.35. The van der Waals surface area contributed by atoms with Gasteiger partial charge in [0.25, 0.3) is 0 Å². The minimum atomic E-state index is -2.79. The maximum Gasteiger partial charge on any atom is 0.191 e. The Morgan fingerprint density at radius 3 is 2.67 bits per heavy atom. The maximum absolute atomic E-state index is 11.4. The van der Waals surface area contributed by atoms with Gasteiger partial charge in [0, 0.05) is 19.6 Å². The monoisotopic (exact) mass is 317 g/mol. The van der Waals surface area contributed by atoms with E-state index in [0.29, 0.717) is 24.1 Å². The quantitative estimate of drug-likeness (QED) is 0.408. The molecule has 1 aliphatic heterocycles. The summed E-state index contributed by atoms with van der Waals surface area (Å²) in [4.78, 5) is 4.21. The fourth-order valence-electron chi connectivity index (χ4n) is 2.65. The van der Waals surface area contributed by atoms with Gasteiger partial charge in [-0.2, -0.15) is 0 Å². The molecule has 1 heterocycles. The predicted octanol–water partition coefficient (Wildman–Crippen LogP) is 1.95. The summed E-state index contributed by atoms with van der Waals surface area (Å²) >= 11 is 0. The summed E-state index contributed by atoms with van der Waals surface area (Å²) in [5.74, 6) is 1.64. The molecule has 0 saturated carbocycles. The summed E-state index contributed by atoms with van der Waals surface area (Å²) in [6.07, 6.45) is 6.98. The van der Waals surface area contributed by atoms with Gasteiger partial charge in [0.15, 0.2) is 15.8 Å². The van der Waals surface area contributed by atoms with Crippen LogP contribution >= 0.6 is 0 Å². The molecule has 0 aromatic heterocycles. The van der Waals surface area contributed by atoms with Crippen LogP contribution in [0.2, 0.25) is 0 Å². The van der Waals surface area contributed by atoms with Crippen molar-refractivity contribution in [1.29, 1.82) is 0 Å². The van der Waals surface area contributed by atoms with E-state index >= 15 is 0 Å². The van der Waals surface area contributed by atoms with Gasteiger partial charge >= 0.3 is 0 Å². The van der Waals surface area contributed by atoms with Crippen molar-refractivity contribution in [2.75, 3.05) is 25.1 Å². The largest absolute Gasteiger partial charge is 0.356 e. The van der Waals surface area contributed by atoms with Crippen molar-refractivity contribution < 1.29 is 8.42 Å². The molecule has 6 heteroatoms. The molecule has 21 heavy (non-hydrogen) atoms. The average molecular weight is 317 g/mol. The Bertz CT molecular complexity index is 421. The molecule has 0 radical (unpaired) electrons. The second kappa shape index (κ2) is 9.28. The summed E-state index contributed by atoms with van der Waals surface area (Å²) in [7, 11) is -1.04. The molecule has 5 nitrogen and oxygen atoms in total. The average Bonchev–Trinajstić information content (AvgIpc) is 2.79. The number of nitrogens with one attached hydrogen (secondary N) is 2. The van der Waals surface area contributed by atoms with Gasteiger partial charge in [0.05, 0.1) is 11.5 Å². The molecule has 2 atom stereocenters. The van der Waals surface area contributed by atoms with Crippen LogP contribution in [0.1, 0.15) is 52.4 Å². The Morgan fingerprint density at radius 2 is 2.10 bits per heavy atom. The van der Waals surface area contributed by atoms with Crippen LogP contribution in [0.3, 0.4) is 0 Å². The Balaban J connectivity index is 2.22. The molecule has 1 saturated heterocycles. The lowest BCUT2D eigenvalue weighted by Crippen LogP contribution is -2.44. The minimum absolute atomic E-state index is 0.216. The first-order valence-corrected chi connectivity index (χ1v) is 9.96. The third-order valence-electron chi connectivity index (χ3n) is 3.98. The molecule has 2 N–H and O–H groups in total. The molecule has 0 aliphatic carbocycles. The van der Waals surface area contributed by atoms with E-state index in [1.807, 2.05) is 0 Å². The highest BCUT2D eigenvalue weighted by Crippen LogP contribution is 2.17. The molecule has 1 rings (SSSR count). The lowest BCUT2D eigenvalue weighted by atomic mass is 10.1. The van der Waals surface area contributed by atoms with Crippen molar-refractivity contribution in [3.05, 3.63) is 0 Å². The van der Waals surface area contributed by atoms with Crippen LogP contribution in [0.4, 0.5) is 0 Å². The van der Waals surface area contributed by atoms with Gasteiger partial charge in [-0.3, -0.25) is 4.99 Å². The lowest BCUT2D eigenvalue weighted by Gasteiger charge is -2.19. The van der Waals surface area contributed by atoms with E-state index < -0.39 is 9.84 Å². The van der Waals surface area contributed by atoms with Crippen molar-refractivity contribution in [2.45, 2.75) is 58.4 Å². The van der Waals surface area contributed by atoms with E-state index in [9.17, 15) is 8.42 Å². The zero-order valence-electron chi connectivity index (χ0n) is 13.7. The number of sulfone groups is 1. The van der Waals surface area contributed by atoms with Gasteiger partial charge in [-0.25, -0.2) is 8.42 Å². The maximum atomic E-state index is 11.4. The summed E-state index contributed by atoms with van der Waals surface area (Å²) < 4.78 is 22.9. The Labute approximate surface area is 129 Å². The first-order valence-electron chi connectivity index (χ1n) is 8.14. The van der Waals surface area contributed by atoms with Gasteiger partial charge in [0.1, 0.15) is 0 Å². The van der Waals surface area contributed by atoms with E-state index in [1.165, 1.54) is 25.7 Å². The third-order valence-corrected chi connectivity index (χ3v) is 5.82. The van der Waals surface area contributed by atoms with Crippen molar-refractivity contribution in [3.63, 3.8) is 0 Å². The van der Waals surface area contributed by atoms with Crippen LogP contribution in [0.5, 0.6) is 0 Å². The van der Waals surface area contributed by atoms with E-state index in [4.69, 9.17) is 0 Å². The van der Waals surface area contributed by atoms with Crippen molar-refractivity contribution in [2.24, 2.45) is 10.9 Å². The van der Waals surface area contributed by atoms with Crippen molar-refractivity contribution >= 4 is 15.8 Å². The molecule has 0 aromatic rings. The number of hydrogen-bond donors (Lipinski definition) is 2. The second-order valence-electron chi connectivity index (χ2n) is 6.12. The molecular formula is C15H31N3O2S. The zero-order chi connectivity index (χ0) is 15.7. The highest BCUT2D eigenvalue weighted by Gasteiger charge is 2.27. The Hall–Kier alpha value is -0.780. The molecule has 0 bridgehead atoms. The number of aliphatic imine (C=N–C) groups is 1. The lowest BCUT2D eigenvalue weighted by molar-refractivity contribution is 0.526. The summed E-state index contributed by atoms with van der Waals surface area (Å²) in [6, 6.07) is 0.389. The molecule has 1 fully saturated rings. The van der Waals surface area contributed by atoms with Gasteiger partial charge in [-0.05, 0) is 25.7 Å². The van der Waals surface area contributed by atoms with Crippen LogP contribution in [0.25, 0.3) is 0 Å². The molecule has 0 spiro atoms. The van der Waals surface area contributed by atoms with Gasteiger partial charge in [-0.15, -0.1) is 0 Å². The number of rotatable bonds is 8. The molecule has 1 aliphatic rings. The van der Waals surface area contributed by atoms with Gasteiger partial charge < -0.3 is 10.6 Å². The summed E-state index contributed by atoms with van der Waals surface area (Å²) in [6.45, 7) is 5.07. The smallest absolute Gasteiger partial charge is 0.191 e. The number of hydrogen-bond acceptors (Lipinski definition) is 3. The highest BCUT2D eigenvalue weighted by molar-refractivity contribution is 7.91. The summed E-state index contributed by atoms with van der Waals surface area (Å²) in [5.41, 5.74) is 0. The van der Waals surface area contributed by atoms with E-state index in [0.717, 1.165) is 18.8 Å². The first-order chi connectivity index (χ1) is 9.96. The number of nitrogens with zero attached hydrogens (tertiary/aromatic N) is 1. The fraction of sp³-hybridized carbons (Fsp3) is 0.933. The van der Waals surface area contributed by atoms with E-state index in [1.54, 1.807) is 7.05 Å². The molecule has 0 amide bonds. The first kappa shape index (κ1) is 18.3. The van der Waals surface area contributed by atoms with Gasteiger partial charge in [-0.1, -0.05) is 32.6 Å². The SMILES string of the molecule is CCCCCCC(C)NC(=NC)NCC1CCS(=O)(=O)C1. The van der Waals surface area contributed by atoms with Crippen LogP contribution < -0.4 is 10.6 Å². The molecule has 124 valence electrons. The normalized spacial score (nSPS) is 23.0. The molecular weight excluding hydrogens is 286 g/mol. The molecule has 0 aromatic carbocycles. The van der Waals surface area contributed by atoms with E-state index in [2.05, 4.69) is 29.5 Å².